The highest BCUT2D eigenvalue weighted by atomic mass is 35.5. The molecule has 0 aliphatic carbocycles. The smallest absolute Gasteiger partial charge is 0.249 e. The monoisotopic (exact) mass is 361 g/mol. The predicted octanol–water partition coefficient (Wildman–Crippen LogP) is 1.41. The first-order valence-corrected chi connectivity index (χ1v) is 8.87. The van der Waals surface area contributed by atoms with Crippen LogP contribution in [0.4, 0.5) is 0 Å². The summed E-state index contributed by atoms with van der Waals surface area (Å²) in [4.78, 5) is 11.5. The minimum absolute atomic E-state index is 0. The first-order chi connectivity index (χ1) is 10.2. The number of halogens is 1. The van der Waals surface area contributed by atoms with E-state index in [9.17, 15) is 13.2 Å². The van der Waals surface area contributed by atoms with Gasteiger partial charge in [-0.1, -0.05) is 12.5 Å². The van der Waals surface area contributed by atoms with Gasteiger partial charge < -0.3 is 11.5 Å². The van der Waals surface area contributed by atoms with Crippen molar-refractivity contribution in [3.63, 3.8) is 0 Å². The summed E-state index contributed by atoms with van der Waals surface area (Å²) in [7, 11) is -3.68. The van der Waals surface area contributed by atoms with Gasteiger partial charge in [0.05, 0.1) is 4.90 Å². The maximum atomic E-state index is 12.9. The lowest BCUT2D eigenvalue weighted by Gasteiger charge is -2.37. The van der Waals surface area contributed by atoms with Gasteiger partial charge in [0.15, 0.2) is 0 Å². The molecule has 1 aromatic carbocycles. The number of sulfonamides is 1. The van der Waals surface area contributed by atoms with E-state index in [-0.39, 0.29) is 34.9 Å². The van der Waals surface area contributed by atoms with E-state index >= 15 is 0 Å². The molecule has 1 aromatic rings. The predicted molar refractivity (Wildman–Crippen MR) is 92.1 cm³/mol. The topological polar surface area (TPSA) is 106 Å². The summed E-state index contributed by atoms with van der Waals surface area (Å²) in [5, 5.41) is 0. The molecule has 1 aliphatic heterocycles. The zero-order valence-corrected chi connectivity index (χ0v) is 15.0. The van der Waals surface area contributed by atoms with Gasteiger partial charge in [-0.05, 0) is 44.4 Å². The van der Waals surface area contributed by atoms with Gasteiger partial charge in [0, 0.05) is 24.2 Å². The number of nitrogens with zero attached hydrogens (tertiary/aromatic N) is 1. The van der Waals surface area contributed by atoms with Gasteiger partial charge in [-0.2, -0.15) is 4.31 Å². The highest BCUT2D eigenvalue weighted by molar-refractivity contribution is 7.89. The number of nitrogens with two attached hydrogens (primary N) is 2. The largest absolute Gasteiger partial charge is 0.366 e. The van der Waals surface area contributed by atoms with Crippen molar-refractivity contribution < 1.29 is 13.2 Å². The van der Waals surface area contributed by atoms with Gasteiger partial charge in [0.25, 0.3) is 0 Å². The maximum Gasteiger partial charge on any atom is 0.249 e. The molecule has 2 unspecified atom stereocenters. The zero-order chi connectivity index (χ0) is 16.5. The van der Waals surface area contributed by atoms with Crippen LogP contribution in [-0.2, 0) is 10.0 Å². The van der Waals surface area contributed by atoms with Crippen LogP contribution in [0.1, 0.15) is 42.1 Å². The molecule has 2 atom stereocenters. The van der Waals surface area contributed by atoms with Crippen LogP contribution in [0.5, 0.6) is 0 Å². The van der Waals surface area contributed by atoms with Crippen LogP contribution in [0.25, 0.3) is 0 Å². The Balaban J connectivity index is 0.00000264. The second kappa shape index (κ2) is 7.61. The molecule has 6 nitrogen and oxygen atoms in total. The van der Waals surface area contributed by atoms with Crippen molar-refractivity contribution in [1.29, 1.82) is 0 Å². The van der Waals surface area contributed by atoms with Crippen LogP contribution >= 0.6 is 12.4 Å². The van der Waals surface area contributed by atoms with Gasteiger partial charge in [-0.15, -0.1) is 12.4 Å². The lowest BCUT2D eigenvalue weighted by molar-refractivity contribution is 0.0999. The first-order valence-electron chi connectivity index (χ1n) is 7.43. The lowest BCUT2D eigenvalue weighted by atomic mass is 10.00. The normalized spacial score (nSPS) is 20.6. The number of hydrogen-bond donors (Lipinski definition) is 2. The summed E-state index contributed by atoms with van der Waals surface area (Å²) >= 11 is 0. The summed E-state index contributed by atoms with van der Waals surface area (Å²) in [5.74, 6) is -0.628. The molecule has 1 fully saturated rings. The molecular weight excluding hydrogens is 338 g/mol. The molecule has 0 bridgehead atoms. The van der Waals surface area contributed by atoms with Gasteiger partial charge in [0.1, 0.15) is 0 Å². The number of primary amides is 1. The van der Waals surface area contributed by atoms with E-state index < -0.39 is 15.9 Å². The molecule has 8 heteroatoms. The third kappa shape index (κ3) is 4.03. The van der Waals surface area contributed by atoms with Gasteiger partial charge in [-0.25, -0.2) is 8.42 Å². The Kier molecular flexibility index (Phi) is 6.59. The molecule has 2 rings (SSSR count). The van der Waals surface area contributed by atoms with Crippen LogP contribution in [0.15, 0.2) is 23.1 Å². The summed E-state index contributed by atoms with van der Waals surface area (Å²) in [5.41, 5.74) is 12.2. The summed E-state index contributed by atoms with van der Waals surface area (Å²) in [6.07, 6.45) is 2.54. The Bertz CT molecular complexity index is 677. The zero-order valence-electron chi connectivity index (χ0n) is 13.4. The summed E-state index contributed by atoms with van der Waals surface area (Å²) in [6, 6.07) is 4.04. The Morgan fingerprint density at radius 2 is 2.00 bits per heavy atom. The number of rotatable bonds is 4. The summed E-state index contributed by atoms with van der Waals surface area (Å²) in [6.45, 7) is 4.00. The van der Waals surface area contributed by atoms with Crippen molar-refractivity contribution in [2.45, 2.75) is 50.1 Å². The van der Waals surface area contributed by atoms with E-state index in [0.29, 0.717) is 12.1 Å². The van der Waals surface area contributed by atoms with Crippen LogP contribution in [0, 0.1) is 6.92 Å². The SMILES string of the molecule is Cc1ccc(S(=O)(=O)N2CCCCC2C(C)N)cc1C(N)=O.Cl. The molecule has 1 heterocycles. The number of benzene rings is 1. The number of carbonyl (C=O) groups is 1. The molecular formula is C15H24ClN3O3S. The van der Waals surface area contributed by atoms with Crippen molar-refractivity contribution in [3.8, 4) is 0 Å². The van der Waals surface area contributed by atoms with Crippen molar-refractivity contribution in [2.75, 3.05) is 6.54 Å². The lowest BCUT2D eigenvalue weighted by Crippen LogP contribution is -2.51. The molecule has 0 aromatic heterocycles. The van der Waals surface area contributed by atoms with E-state index in [2.05, 4.69) is 0 Å². The highest BCUT2D eigenvalue weighted by Crippen LogP contribution is 2.27. The van der Waals surface area contributed by atoms with Crippen molar-refractivity contribution in [1.82, 2.24) is 4.31 Å². The Morgan fingerprint density at radius 1 is 1.35 bits per heavy atom. The number of piperidine rings is 1. The molecule has 4 N–H and O–H groups in total. The number of amides is 1. The Labute approximate surface area is 143 Å². The second-order valence-corrected chi connectivity index (χ2v) is 7.77. The molecule has 130 valence electrons. The third-order valence-electron chi connectivity index (χ3n) is 4.19. The number of aryl methyl sites for hydroxylation is 1. The standard InChI is InChI=1S/C15H23N3O3S.ClH/c1-10-6-7-12(9-13(10)15(17)19)22(20,21)18-8-4-3-5-14(18)11(2)16;/h6-7,9,11,14H,3-5,8,16H2,1-2H3,(H2,17,19);1H. The van der Waals surface area contributed by atoms with Crippen LogP contribution < -0.4 is 11.5 Å². The second-order valence-electron chi connectivity index (χ2n) is 5.88. The van der Waals surface area contributed by atoms with Crippen molar-refractivity contribution >= 4 is 28.3 Å². The Morgan fingerprint density at radius 3 is 2.57 bits per heavy atom. The van der Waals surface area contributed by atoms with Crippen LogP contribution in [0.2, 0.25) is 0 Å². The Hall–Kier alpha value is -1.15. The first kappa shape index (κ1) is 19.9. The van der Waals surface area contributed by atoms with Crippen molar-refractivity contribution in [3.05, 3.63) is 29.3 Å². The maximum absolute atomic E-state index is 12.9. The average Bonchev–Trinajstić information content (AvgIpc) is 2.47. The molecule has 1 amide bonds. The van der Waals surface area contributed by atoms with E-state index in [4.69, 9.17) is 11.5 Å². The highest BCUT2D eigenvalue weighted by Gasteiger charge is 2.35. The molecule has 0 radical (unpaired) electrons. The molecule has 1 aliphatic rings. The van der Waals surface area contributed by atoms with Crippen LogP contribution in [-0.4, -0.2) is 37.3 Å². The minimum Gasteiger partial charge on any atom is -0.366 e. The fourth-order valence-corrected chi connectivity index (χ4v) is 4.72. The van der Waals surface area contributed by atoms with Gasteiger partial charge in [-0.3, -0.25) is 4.79 Å². The van der Waals surface area contributed by atoms with E-state index in [1.165, 1.54) is 16.4 Å². The van der Waals surface area contributed by atoms with E-state index in [0.717, 1.165) is 19.3 Å². The third-order valence-corrected chi connectivity index (χ3v) is 6.11. The molecule has 0 saturated carbocycles. The van der Waals surface area contributed by atoms with Crippen molar-refractivity contribution in [2.24, 2.45) is 11.5 Å². The fraction of sp³-hybridized carbons (Fsp3) is 0.533. The quantitative estimate of drug-likeness (QED) is 0.845. The number of carbonyl (C=O) groups excluding carboxylic acids is 1. The van der Waals surface area contributed by atoms with Crippen LogP contribution in [0.3, 0.4) is 0 Å². The van der Waals surface area contributed by atoms with Gasteiger partial charge in [0.2, 0.25) is 15.9 Å². The molecule has 0 spiro atoms. The molecule has 1 saturated heterocycles. The van der Waals surface area contributed by atoms with E-state index in [1.807, 2.05) is 6.92 Å². The average molecular weight is 362 g/mol. The number of hydrogen-bond acceptors (Lipinski definition) is 4. The minimum atomic E-state index is -3.68. The van der Waals surface area contributed by atoms with E-state index in [1.54, 1.807) is 13.0 Å². The molecule has 23 heavy (non-hydrogen) atoms. The summed E-state index contributed by atoms with van der Waals surface area (Å²) < 4.78 is 27.3. The fourth-order valence-electron chi connectivity index (χ4n) is 2.92. The van der Waals surface area contributed by atoms with Gasteiger partial charge >= 0.3 is 0 Å².